The van der Waals surface area contributed by atoms with Crippen molar-refractivity contribution in [3.8, 4) is 0 Å². The molecule has 2 heteroatoms. The Balaban J connectivity index is 2.96. The Morgan fingerprint density at radius 1 is 1.25 bits per heavy atom. The summed E-state index contributed by atoms with van der Waals surface area (Å²) < 4.78 is 5.01. The maximum Gasteiger partial charge on any atom is 0.131 e. The molecule has 0 aliphatic carbocycles. The molecule has 1 aromatic rings. The van der Waals surface area contributed by atoms with Crippen molar-refractivity contribution in [3.63, 3.8) is 0 Å². The molecule has 0 saturated carbocycles. The lowest BCUT2D eigenvalue weighted by Crippen LogP contribution is -2.12. The van der Waals surface area contributed by atoms with Crippen molar-refractivity contribution in [1.82, 2.24) is 0 Å². The van der Waals surface area contributed by atoms with Crippen molar-refractivity contribution in [1.29, 1.82) is 0 Å². The molecule has 12 heavy (non-hydrogen) atoms. The van der Waals surface area contributed by atoms with Gasteiger partial charge in [0.25, 0.3) is 0 Å². The molecule has 0 saturated heterocycles. The number of hydrogen-bond donors (Lipinski definition) is 1. The van der Waals surface area contributed by atoms with Gasteiger partial charge in [0.2, 0.25) is 0 Å². The maximum absolute atomic E-state index is 5.69. The Hall–Kier alpha value is -0.860. The largest absolute Gasteiger partial charge is 0.363 e. The topological polar surface area (TPSA) is 35.2 Å². The molecule has 1 rings (SSSR count). The first kappa shape index (κ1) is 9.23. The third-order valence-corrected chi connectivity index (χ3v) is 2.11. The Kier molecular flexibility index (Phi) is 2.84. The van der Waals surface area contributed by atoms with E-state index in [4.69, 9.17) is 10.5 Å². The summed E-state index contributed by atoms with van der Waals surface area (Å²) in [4.78, 5) is 0. The average molecular weight is 165 g/mol. The van der Waals surface area contributed by atoms with Crippen LogP contribution in [-0.4, -0.2) is 7.11 Å². The number of rotatable bonds is 2. The fourth-order valence-corrected chi connectivity index (χ4v) is 1.08. The van der Waals surface area contributed by atoms with E-state index in [1.54, 1.807) is 7.11 Å². The number of ether oxygens (including phenoxy) is 1. The Bertz CT molecular complexity index is 271. The predicted molar refractivity (Wildman–Crippen MR) is 49.9 cm³/mol. The lowest BCUT2D eigenvalue weighted by atomic mass is 10.1. The van der Waals surface area contributed by atoms with Gasteiger partial charge in [-0.05, 0) is 30.5 Å². The van der Waals surface area contributed by atoms with E-state index in [2.05, 4.69) is 26.0 Å². The highest BCUT2D eigenvalue weighted by Crippen LogP contribution is 2.15. The van der Waals surface area contributed by atoms with Gasteiger partial charge >= 0.3 is 0 Å². The van der Waals surface area contributed by atoms with Gasteiger partial charge in [-0.3, -0.25) is 0 Å². The molecule has 0 aromatic heterocycles. The molecule has 0 amide bonds. The van der Waals surface area contributed by atoms with Gasteiger partial charge in [-0.2, -0.15) is 0 Å². The maximum atomic E-state index is 5.69. The first-order valence-electron chi connectivity index (χ1n) is 4.00. The van der Waals surface area contributed by atoms with Crippen LogP contribution in [0, 0.1) is 13.8 Å². The zero-order valence-corrected chi connectivity index (χ0v) is 7.79. The molecule has 0 radical (unpaired) electrons. The number of aryl methyl sites for hydroxylation is 2. The molecule has 2 nitrogen and oxygen atoms in total. The van der Waals surface area contributed by atoms with E-state index in [1.807, 2.05) is 6.07 Å². The molecule has 1 atom stereocenters. The number of hydrogen-bond acceptors (Lipinski definition) is 2. The van der Waals surface area contributed by atoms with Crippen molar-refractivity contribution in [2.24, 2.45) is 5.73 Å². The van der Waals surface area contributed by atoms with Gasteiger partial charge in [-0.15, -0.1) is 0 Å². The van der Waals surface area contributed by atoms with Crippen molar-refractivity contribution < 1.29 is 4.74 Å². The van der Waals surface area contributed by atoms with Gasteiger partial charge < -0.3 is 10.5 Å². The van der Waals surface area contributed by atoms with Crippen LogP contribution in [0.1, 0.15) is 22.9 Å². The van der Waals surface area contributed by atoms with Crippen molar-refractivity contribution in [2.45, 2.75) is 20.1 Å². The Labute approximate surface area is 73.3 Å². The molecule has 0 aliphatic rings. The normalized spacial score (nSPS) is 13.0. The fraction of sp³-hybridized carbons (Fsp3) is 0.400. The third-order valence-electron chi connectivity index (χ3n) is 2.11. The smallest absolute Gasteiger partial charge is 0.131 e. The van der Waals surface area contributed by atoms with E-state index in [9.17, 15) is 0 Å². The van der Waals surface area contributed by atoms with Crippen LogP contribution in [0.3, 0.4) is 0 Å². The van der Waals surface area contributed by atoms with Crippen molar-refractivity contribution in [3.05, 3.63) is 34.9 Å². The van der Waals surface area contributed by atoms with Crippen LogP contribution in [0.5, 0.6) is 0 Å². The van der Waals surface area contributed by atoms with Crippen LogP contribution in [0.4, 0.5) is 0 Å². The van der Waals surface area contributed by atoms with E-state index in [1.165, 1.54) is 11.1 Å². The molecule has 66 valence electrons. The molecule has 0 heterocycles. The second-order valence-corrected chi connectivity index (χ2v) is 3.00. The number of benzene rings is 1. The second-order valence-electron chi connectivity index (χ2n) is 3.00. The number of methoxy groups -OCH3 is 1. The van der Waals surface area contributed by atoms with E-state index in [0.717, 1.165) is 5.56 Å². The Morgan fingerprint density at radius 2 is 1.92 bits per heavy atom. The summed E-state index contributed by atoms with van der Waals surface area (Å²) in [5.74, 6) is 0. The molecule has 1 unspecified atom stereocenters. The lowest BCUT2D eigenvalue weighted by Gasteiger charge is -2.11. The Morgan fingerprint density at radius 3 is 2.42 bits per heavy atom. The van der Waals surface area contributed by atoms with Gasteiger partial charge in [0.15, 0.2) is 0 Å². The second kappa shape index (κ2) is 3.70. The molecule has 1 aromatic carbocycles. The lowest BCUT2D eigenvalue weighted by molar-refractivity contribution is 0.109. The summed E-state index contributed by atoms with van der Waals surface area (Å²) in [5, 5.41) is 0. The molecule has 0 spiro atoms. The van der Waals surface area contributed by atoms with Crippen LogP contribution in [0.25, 0.3) is 0 Å². The third kappa shape index (κ3) is 1.84. The monoisotopic (exact) mass is 165 g/mol. The quantitative estimate of drug-likeness (QED) is 0.679. The molecule has 0 fully saturated rings. The zero-order chi connectivity index (χ0) is 9.14. The van der Waals surface area contributed by atoms with Crippen molar-refractivity contribution >= 4 is 0 Å². The summed E-state index contributed by atoms with van der Waals surface area (Å²) in [6, 6.07) is 6.11. The molecular formula is C10H15NO. The highest BCUT2D eigenvalue weighted by Gasteiger charge is 2.03. The van der Waals surface area contributed by atoms with Crippen LogP contribution < -0.4 is 5.73 Å². The summed E-state index contributed by atoms with van der Waals surface area (Å²) in [5.41, 5.74) is 9.25. The fourth-order valence-electron chi connectivity index (χ4n) is 1.08. The van der Waals surface area contributed by atoms with E-state index in [-0.39, 0.29) is 6.23 Å². The summed E-state index contributed by atoms with van der Waals surface area (Å²) in [6.45, 7) is 4.15. The first-order valence-corrected chi connectivity index (χ1v) is 4.00. The summed E-state index contributed by atoms with van der Waals surface area (Å²) in [6.07, 6.45) is -0.302. The molecular weight excluding hydrogens is 150 g/mol. The predicted octanol–water partition coefficient (Wildman–Crippen LogP) is 1.91. The van der Waals surface area contributed by atoms with Gasteiger partial charge in [0, 0.05) is 7.11 Å². The van der Waals surface area contributed by atoms with E-state index < -0.39 is 0 Å². The van der Waals surface area contributed by atoms with E-state index in [0.29, 0.717) is 0 Å². The van der Waals surface area contributed by atoms with Crippen LogP contribution in [-0.2, 0) is 4.74 Å². The van der Waals surface area contributed by atoms with Gasteiger partial charge in [0.05, 0.1) is 0 Å². The highest BCUT2D eigenvalue weighted by molar-refractivity contribution is 5.30. The van der Waals surface area contributed by atoms with Gasteiger partial charge in [-0.1, -0.05) is 18.2 Å². The van der Waals surface area contributed by atoms with Crippen LogP contribution in [0.15, 0.2) is 18.2 Å². The standard InChI is InChI=1S/C10H15NO/c1-7-4-5-9(6-8(7)2)10(11)12-3/h4-6,10H,11H2,1-3H3. The first-order chi connectivity index (χ1) is 5.65. The molecule has 0 bridgehead atoms. The molecule has 2 N–H and O–H groups in total. The summed E-state index contributed by atoms with van der Waals surface area (Å²) in [7, 11) is 1.61. The number of nitrogens with two attached hydrogens (primary N) is 1. The minimum Gasteiger partial charge on any atom is -0.363 e. The summed E-state index contributed by atoms with van der Waals surface area (Å²) >= 11 is 0. The van der Waals surface area contributed by atoms with Gasteiger partial charge in [0.1, 0.15) is 6.23 Å². The minimum absolute atomic E-state index is 0.302. The highest BCUT2D eigenvalue weighted by atomic mass is 16.5. The van der Waals surface area contributed by atoms with Crippen LogP contribution in [0.2, 0.25) is 0 Å². The van der Waals surface area contributed by atoms with Crippen LogP contribution >= 0.6 is 0 Å². The molecule has 0 aliphatic heterocycles. The average Bonchev–Trinajstić information content (AvgIpc) is 2.08. The SMILES string of the molecule is COC(N)c1ccc(C)c(C)c1. The zero-order valence-electron chi connectivity index (χ0n) is 7.79. The van der Waals surface area contributed by atoms with E-state index >= 15 is 0 Å². The van der Waals surface area contributed by atoms with Gasteiger partial charge in [-0.25, -0.2) is 0 Å². The minimum atomic E-state index is -0.302. The van der Waals surface area contributed by atoms with Crippen molar-refractivity contribution in [2.75, 3.05) is 7.11 Å².